The van der Waals surface area contributed by atoms with Gasteiger partial charge in [0, 0.05) is 30.1 Å². The summed E-state index contributed by atoms with van der Waals surface area (Å²) in [6.45, 7) is 4.52. The summed E-state index contributed by atoms with van der Waals surface area (Å²) >= 11 is 1.62. The van der Waals surface area contributed by atoms with E-state index in [1.807, 2.05) is 17.5 Å². The summed E-state index contributed by atoms with van der Waals surface area (Å²) in [4.78, 5) is 15.0. The molecule has 1 aliphatic rings. The van der Waals surface area contributed by atoms with Crippen molar-refractivity contribution in [1.29, 1.82) is 0 Å². The fourth-order valence-corrected chi connectivity index (χ4v) is 4.88. The van der Waals surface area contributed by atoms with E-state index in [1.54, 1.807) is 23.5 Å². The number of thiophene rings is 1. The first-order valence-corrected chi connectivity index (χ1v) is 10.8. The van der Waals surface area contributed by atoms with E-state index >= 15 is 0 Å². The standard InChI is InChI=1S/C18H22N2O4S2/c1-14(21)15-4-2-5-16(12-15)26(22,23)19-13-17(18-6-3-11-25-18)20-7-9-24-10-8-20/h2-6,11-12,17,19H,7-10,13H2,1H3. The fourth-order valence-electron chi connectivity index (χ4n) is 2.93. The van der Waals surface area contributed by atoms with E-state index in [-0.39, 0.29) is 23.3 Å². The van der Waals surface area contributed by atoms with E-state index in [9.17, 15) is 13.2 Å². The molecule has 6 nitrogen and oxygen atoms in total. The maximum absolute atomic E-state index is 12.7. The molecule has 1 aliphatic heterocycles. The van der Waals surface area contributed by atoms with Crippen LogP contribution in [-0.2, 0) is 14.8 Å². The molecule has 8 heteroatoms. The van der Waals surface area contributed by atoms with E-state index in [4.69, 9.17) is 4.74 Å². The Morgan fingerprint density at radius 3 is 2.69 bits per heavy atom. The molecule has 26 heavy (non-hydrogen) atoms. The Kier molecular flexibility index (Phi) is 6.20. The molecule has 0 bridgehead atoms. The van der Waals surface area contributed by atoms with E-state index in [1.165, 1.54) is 19.1 Å². The highest BCUT2D eigenvalue weighted by atomic mass is 32.2. The Hall–Kier alpha value is -1.58. The number of benzene rings is 1. The highest BCUT2D eigenvalue weighted by molar-refractivity contribution is 7.89. The van der Waals surface area contributed by atoms with E-state index in [0.717, 1.165) is 18.0 Å². The lowest BCUT2D eigenvalue weighted by molar-refractivity contribution is 0.0179. The van der Waals surface area contributed by atoms with Gasteiger partial charge in [0.15, 0.2) is 5.78 Å². The van der Waals surface area contributed by atoms with Gasteiger partial charge in [-0.05, 0) is 30.5 Å². The van der Waals surface area contributed by atoms with Crippen LogP contribution in [0.15, 0.2) is 46.7 Å². The van der Waals surface area contributed by atoms with Crippen LogP contribution in [0.5, 0.6) is 0 Å². The van der Waals surface area contributed by atoms with E-state index in [2.05, 4.69) is 9.62 Å². The minimum absolute atomic E-state index is 0.0373. The third-order valence-corrected chi connectivity index (χ3v) is 6.77. The monoisotopic (exact) mass is 394 g/mol. The molecule has 1 atom stereocenters. The number of hydrogen-bond acceptors (Lipinski definition) is 6. The molecule has 1 aromatic heterocycles. The molecule has 1 N–H and O–H groups in total. The van der Waals surface area contributed by atoms with Crippen molar-refractivity contribution in [2.75, 3.05) is 32.8 Å². The van der Waals surface area contributed by atoms with Crippen molar-refractivity contribution < 1.29 is 17.9 Å². The van der Waals surface area contributed by atoms with Crippen molar-refractivity contribution in [3.8, 4) is 0 Å². The number of ether oxygens (including phenoxy) is 1. The number of carbonyl (C=O) groups is 1. The van der Waals surface area contributed by atoms with Gasteiger partial charge in [-0.3, -0.25) is 9.69 Å². The van der Waals surface area contributed by atoms with Crippen LogP contribution in [0.3, 0.4) is 0 Å². The quantitative estimate of drug-likeness (QED) is 0.730. The number of sulfonamides is 1. The zero-order chi connectivity index (χ0) is 18.6. The van der Waals surface area contributed by atoms with Crippen molar-refractivity contribution in [2.45, 2.75) is 17.9 Å². The molecule has 0 aliphatic carbocycles. The predicted molar refractivity (Wildman–Crippen MR) is 101 cm³/mol. The highest BCUT2D eigenvalue weighted by Crippen LogP contribution is 2.26. The number of nitrogens with zero attached hydrogens (tertiary/aromatic N) is 1. The fraction of sp³-hybridized carbons (Fsp3) is 0.389. The predicted octanol–water partition coefficient (Wildman–Crippen LogP) is 2.30. The molecule has 2 aromatic rings. The molecular weight excluding hydrogens is 372 g/mol. The maximum atomic E-state index is 12.7. The van der Waals surface area contributed by atoms with Gasteiger partial charge < -0.3 is 4.74 Å². The summed E-state index contributed by atoms with van der Waals surface area (Å²) < 4.78 is 33.5. The molecule has 3 rings (SSSR count). The average Bonchev–Trinajstić information content (AvgIpc) is 3.17. The van der Waals surface area contributed by atoms with Crippen LogP contribution in [0.1, 0.15) is 28.2 Å². The average molecular weight is 395 g/mol. The number of morpholine rings is 1. The summed E-state index contributed by atoms with van der Waals surface area (Å²) in [5.74, 6) is -0.160. The molecule has 1 saturated heterocycles. The van der Waals surface area contributed by atoms with Crippen molar-refractivity contribution in [3.63, 3.8) is 0 Å². The van der Waals surface area contributed by atoms with Crippen LogP contribution in [0.25, 0.3) is 0 Å². The van der Waals surface area contributed by atoms with Crippen LogP contribution in [-0.4, -0.2) is 51.9 Å². The second-order valence-electron chi connectivity index (χ2n) is 6.12. The van der Waals surface area contributed by atoms with Gasteiger partial charge >= 0.3 is 0 Å². The van der Waals surface area contributed by atoms with Crippen molar-refractivity contribution in [2.24, 2.45) is 0 Å². The van der Waals surface area contributed by atoms with Gasteiger partial charge in [-0.15, -0.1) is 11.3 Å². The maximum Gasteiger partial charge on any atom is 0.240 e. The second-order valence-corrected chi connectivity index (χ2v) is 8.86. The van der Waals surface area contributed by atoms with Crippen LogP contribution in [0.2, 0.25) is 0 Å². The molecule has 0 amide bonds. The third-order valence-electron chi connectivity index (χ3n) is 4.38. The highest BCUT2D eigenvalue weighted by Gasteiger charge is 2.26. The minimum atomic E-state index is -3.70. The molecule has 0 radical (unpaired) electrons. The minimum Gasteiger partial charge on any atom is -0.379 e. The van der Waals surface area contributed by atoms with Crippen LogP contribution >= 0.6 is 11.3 Å². The Morgan fingerprint density at radius 2 is 2.04 bits per heavy atom. The summed E-state index contributed by atoms with van der Waals surface area (Å²) in [6.07, 6.45) is 0. The summed E-state index contributed by atoms with van der Waals surface area (Å²) in [5, 5.41) is 1.99. The lowest BCUT2D eigenvalue weighted by Gasteiger charge is -2.34. The lowest BCUT2D eigenvalue weighted by atomic mass is 10.2. The van der Waals surface area contributed by atoms with Gasteiger partial charge in [0.05, 0.1) is 24.2 Å². The van der Waals surface area contributed by atoms with E-state index < -0.39 is 10.0 Å². The smallest absolute Gasteiger partial charge is 0.240 e. The number of nitrogens with one attached hydrogen (secondary N) is 1. The van der Waals surface area contributed by atoms with Crippen LogP contribution in [0, 0.1) is 0 Å². The van der Waals surface area contributed by atoms with Gasteiger partial charge in [0.1, 0.15) is 0 Å². The van der Waals surface area contributed by atoms with Crippen LogP contribution < -0.4 is 4.72 Å². The Labute approximate surface area is 157 Å². The molecule has 1 unspecified atom stereocenters. The van der Waals surface area contributed by atoms with Gasteiger partial charge in [0.25, 0.3) is 0 Å². The lowest BCUT2D eigenvalue weighted by Crippen LogP contribution is -2.43. The SMILES string of the molecule is CC(=O)c1cccc(S(=O)(=O)NCC(c2cccs2)N2CCOCC2)c1. The molecule has 0 spiro atoms. The third kappa shape index (κ3) is 4.57. The van der Waals surface area contributed by atoms with Crippen molar-refractivity contribution >= 4 is 27.1 Å². The van der Waals surface area contributed by atoms with E-state index in [0.29, 0.717) is 18.8 Å². The summed E-state index contributed by atoms with van der Waals surface area (Å²) in [7, 11) is -3.70. The zero-order valence-corrected chi connectivity index (χ0v) is 16.2. The zero-order valence-electron chi connectivity index (χ0n) is 14.6. The molecule has 2 heterocycles. The first-order chi connectivity index (χ1) is 12.5. The molecule has 0 saturated carbocycles. The van der Waals surface area contributed by atoms with Crippen molar-refractivity contribution in [3.05, 3.63) is 52.2 Å². The number of hydrogen-bond donors (Lipinski definition) is 1. The van der Waals surface area contributed by atoms with Crippen molar-refractivity contribution in [1.82, 2.24) is 9.62 Å². The van der Waals surface area contributed by atoms with Gasteiger partial charge in [-0.25, -0.2) is 13.1 Å². The Morgan fingerprint density at radius 1 is 1.27 bits per heavy atom. The van der Waals surface area contributed by atoms with Gasteiger partial charge in [-0.1, -0.05) is 18.2 Å². The first kappa shape index (κ1) is 19.2. The first-order valence-electron chi connectivity index (χ1n) is 8.43. The Bertz CT molecular complexity index is 844. The number of rotatable bonds is 7. The summed E-state index contributed by atoms with van der Waals surface area (Å²) in [5.41, 5.74) is 0.385. The normalized spacial score (nSPS) is 17.1. The summed E-state index contributed by atoms with van der Waals surface area (Å²) in [6, 6.07) is 10.1. The molecular formula is C18H22N2O4S2. The van der Waals surface area contributed by atoms with Crippen LogP contribution in [0.4, 0.5) is 0 Å². The van der Waals surface area contributed by atoms with Gasteiger partial charge in [0.2, 0.25) is 10.0 Å². The number of carbonyl (C=O) groups excluding carboxylic acids is 1. The second kappa shape index (κ2) is 8.41. The Balaban J connectivity index is 1.77. The topological polar surface area (TPSA) is 75.7 Å². The van der Waals surface area contributed by atoms with Gasteiger partial charge in [-0.2, -0.15) is 0 Å². The number of ketones is 1. The molecule has 140 valence electrons. The largest absolute Gasteiger partial charge is 0.379 e. The number of Topliss-reactive ketones (excluding diaryl/α,β-unsaturated/α-hetero) is 1. The molecule has 1 aromatic carbocycles. The molecule has 1 fully saturated rings.